The molecule has 2 saturated heterocycles. The number of aliphatic hydroxyl groups is 1. The second-order valence-electron chi connectivity index (χ2n) is 7.77. The van der Waals surface area contributed by atoms with Crippen LogP contribution in [0.4, 0.5) is 4.79 Å². The molecule has 3 rings (SSSR count). The van der Waals surface area contributed by atoms with E-state index in [0.717, 1.165) is 0 Å². The highest BCUT2D eigenvalue weighted by Crippen LogP contribution is 2.26. The summed E-state index contributed by atoms with van der Waals surface area (Å²) in [5.41, 5.74) is -0.770. The average Bonchev–Trinajstić information content (AvgIpc) is 3.22. The summed E-state index contributed by atoms with van der Waals surface area (Å²) in [4.78, 5) is 42.4. The second-order valence-corrected chi connectivity index (χ2v) is 7.77. The number of nitrogens with zero attached hydrogens (tertiary/aromatic N) is 5. The first-order valence-corrected chi connectivity index (χ1v) is 9.94. The molecule has 2 fully saturated rings. The predicted octanol–water partition coefficient (Wildman–Crippen LogP) is -0.921. The normalized spacial score (nSPS) is 21.4. The van der Waals surface area contributed by atoms with Gasteiger partial charge in [0.2, 0.25) is 5.91 Å². The van der Waals surface area contributed by atoms with Crippen molar-refractivity contribution in [1.29, 1.82) is 0 Å². The molecule has 1 unspecified atom stereocenters. The number of hydrazine groups is 1. The number of carbonyl (C=O) groups is 3. The van der Waals surface area contributed by atoms with Crippen molar-refractivity contribution in [3.8, 4) is 0 Å². The van der Waals surface area contributed by atoms with E-state index in [1.54, 1.807) is 23.8 Å². The van der Waals surface area contributed by atoms with Crippen LogP contribution in [0.2, 0.25) is 0 Å². The second kappa shape index (κ2) is 8.07. The first kappa shape index (κ1) is 21.2. The summed E-state index contributed by atoms with van der Waals surface area (Å²) < 4.78 is 0. The van der Waals surface area contributed by atoms with E-state index in [2.05, 4.69) is 5.32 Å². The largest absolute Gasteiger partial charge is 0.465 e. The lowest BCUT2D eigenvalue weighted by Crippen LogP contribution is -2.63. The van der Waals surface area contributed by atoms with Gasteiger partial charge in [0, 0.05) is 39.4 Å². The van der Waals surface area contributed by atoms with Crippen LogP contribution in [0.5, 0.6) is 0 Å². The van der Waals surface area contributed by atoms with E-state index in [0.29, 0.717) is 45.2 Å². The van der Waals surface area contributed by atoms with Gasteiger partial charge in [0.15, 0.2) is 0 Å². The van der Waals surface area contributed by atoms with Crippen molar-refractivity contribution in [3.05, 3.63) is 11.9 Å². The minimum Gasteiger partial charge on any atom is -0.465 e. The number of carbonyl (C=O) groups excluding carboxylic acids is 2. The van der Waals surface area contributed by atoms with Crippen molar-refractivity contribution < 1.29 is 24.6 Å². The summed E-state index contributed by atoms with van der Waals surface area (Å²) in [6, 6.07) is -1.22. The first-order chi connectivity index (χ1) is 13.7. The van der Waals surface area contributed by atoms with Gasteiger partial charge in [-0.3, -0.25) is 9.59 Å². The molecule has 29 heavy (non-hydrogen) atoms. The molecule has 0 aliphatic carbocycles. The molecule has 0 aromatic rings. The molecule has 11 nitrogen and oxygen atoms in total. The Hall–Kier alpha value is -2.53. The fourth-order valence-electron chi connectivity index (χ4n) is 4.11. The molecule has 3 heterocycles. The van der Waals surface area contributed by atoms with Crippen molar-refractivity contribution in [2.24, 2.45) is 0 Å². The van der Waals surface area contributed by atoms with Crippen molar-refractivity contribution in [3.63, 3.8) is 0 Å². The number of hydrogen-bond acceptors (Lipinski definition) is 7. The summed E-state index contributed by atoms with van der Waals surface area (Å²) >= 11 is 0. The number of nitrogens with one attached hydrogen (secondary N) is 1. The summed E-state index contributed by atoms with van der Waals surface area (Å²) in [6.07, 6.45) is 0.994. The van der Waals surface area contributed by atoms with Gasteiger partial charge in [-0.05, 0) is 12.8 Å². The van der Waals surface area contributed by atoms with Crippen LogP contribution in [0.15, 0.2) is 11.9 Å². The molecular formula is C18H30N6O5. The van der Waals surface area contributed by atoms with Crippen LogP contribution >= 0.6 is 0 Å². The van der Waals surface area contributed by atoms with E-state index in [-0.39, 0.29) is 18.7 Å². The van der Waals surface area contributed by atoms with Crippen LogP contribution in [0.25, 0.3) is 0 Å². The SMILES string of the molecule is CCC(O)(CC)C(NC(=O)O)C(=O)N1CCN(N2CN3CN(C)C=C3C2=O)CC1. The van der Waals surface area contributed by atoms with E-state index in [9.17, 15) is 19.5 Å². The van der Waals surface area contributed by atoms with Gasteiger partial charge in [-0.2, -0.15) is 0 Å². The summed E-state index contributed by atoms with van der Waals surface area (Å²) in [7, 11) is 1.92. The van der Waals surface area contributed by atoms with Gasteiger partial charge in [0.25, 0.3) is 5.91 Å². The molecule has 0 saturated carbocycles. The van der Waals surface area contributed by atoms with Crippen molar-refractivity contribution in [2.75, 3.05) is 46.6 Å². The van der Waals surface area contributed by atoms with E-state index in [1.165, 1.54) is 0 Å². The standard InChI is InChI=1S/C18H30N6O5/c1-4-18(29,5-2)14(19-17(27)28)16(26)21-6-8-23(9-7-21)24-12-22-11-20(3)10-13(22)15(24)25/h10,14,19,29H,4-9,11-12H2,1-3H3,(H,27,28). The molecule has 3 N–H and O–H groups in total. The van der Waals surface area contributed by atoms with E-state index in [4.69, 9.17) is 5.11 Å². The Morgan fingerprint density at radius 1 is 1.17 bits per heavy atom. The van der Waals surface area contributed by atoms with E-state index >= 15 is 0 Å². The topological polar surface area (TPSA) is 120 Å². The minimum atomic E-state index is -1.44. The van der Waals surface area contributed by atoms with Crippen LogP contribution in [0, 0.1) is 0 Å². The number of rotatable bonds is 6. The van der Waals surface area contributed by atoms with Gasteiger partial charge in [0.05, 0.1) is 12.3 Å². The Morgan fingerprint density at radius 2 is 1.79 bits per heavy atom. The number of fused-ring (bicyclic) bond motifs is 1. The number of carboxylic acid groups (broad SMARTS) is 1. The molecule has 0 bridgehead atoms. The van der Waals surface area contributed by atoms with Gasteiger partial charge in [-0.1, -0.05) is 13.8 Å². The van der Waals surface area contributed by atoms with Crippen molar-refractivity contribution >= 4 is 17.9 Å². The zero-order valence-corrected chi connectivity index (χ0v) is 17.2. The van der Waals surface area contributed by atoms with Crippen molar-refractivity contribution in [1.82, 2.24) is 30.0 Å². The molecule has 162 valence electrons. The smallest absolute Gasteiger partial charge is 0.405 e. The third-order valence-corrected chi connectivity index (χ3v) is 6.02. The van der Waals surface area contributed by atoms with Crippen LogP contribution in [0.3, 0.4) is 0 Å². The predicted molar refractivity (Wildman–Crippen MR) is 103 cm³/mol. The highest BCUT2D eigenvalue weighted by Gasteiger charge is 2.44. The van der Waals surface area contributed by atoms with Gasteiger partial charge < -0.3 is 30.2 Å². The maximum absolute atomic E-state index is 13.0. The Kier molecular flexibility index (Phi) is 5.90. The molecule has 0 aromatic heterocycles. The maximum Gasteiger partial charge on any atom is 0.405 e. The molecular weight excluding hydrogens is 380 g/mol. The van der Waals surface area contributed by atoms with Crippen LogP contribution in [0.1, 0.15) is 26.7 Å². The Balaban J connectivity index is 1.63. The molecule has 3 amide bonds. The lowest BCUT2D eigenvalue weighted by molar-refractivity contribution is -0.152. The van der Waals surface area contributed by atoms with Crippen LogP contribution in [-0.4, -0.2) is 111 Å². The van der Waals surface area contributed by atoms with Crippen molar-refractivity contribution in [2.45, 2.75) is 38.3 Å². The average molecular weight is 410 g/mol. The molecule has 3 aliphatic rings. The number of amides is 3. The summed E-state index contributed by atoms with van der Waals surface area (Å²) in [5.74, 6) is -0.484. The lowest BCUT2D eigenvalue weighted by atomic mass is 9.87. The van der Waals surface area contributed by atoms with Gasteiger partial charge >= 0.3 is 6.09 Å². The molecule has 0 aromatic carbocycles. The fourth-order valence-corrected chi connectivity index (χ4v) is 4.11. The summed E-state index contributed by atoms with van der Waals surface area (Å²) in [5, 5.41) is 25.7. The molecule has 0 radical (unpaired) electrons. The van der Waals surface area contributed by atoms with Gasteiger partial charge in [-0.15, -0.1) is 0 Å². The fraction of sp³-hybridized carbons (Fsp3) is 0.722. The van der Waals surface area contributed by atoms with Gasteiger partial charge in [-0.25, -0.2) is 14.8 Å². The lowest BCUT2D eigenvalue weighted by Gasteiger charge is -2.42. The zero-order valence-electron chi connectivity index (χ0n) is 17.2. The molecule has 0 spiro atoms. The maximum atomic E-state index is 13.0. The molecule has 3 aliphatic heterocycles. The van der Waals surface area contributed by atoms with Crippen LogP contribution in [-0.2, 0) is 9.59 Å². The van der Waals surface area contributed by atoms with Gasteiger partial charge in [0.1, 0.15) is 18.4 Å². The molecule has 11 heteroatoms. The summed E-state index contributed by atoms with van der Waals surface area (Å²) in [6.45, 7) is 6.23. The Morgan fingerprint density at radius 3 is 2.31 bits per heavy atom. The Labute approximate surface area is 170 Å². The Bertz CT molecular complexity index is 701. The number of piperazine rings is 1. The highest BCUT2D eigenvalue weighted by atomic mass is 16.4. The molecule has 1 atom stereocenters. The monoisotopic (exact) mass is 410 g/mol. The number of hydrogen-bond donors (Lipinski definition) is 3. The van der Waals surface area contributed by atoms with Crippen LogP contribution < -0.4 is 5.32 Å². The van der Waals surface area contributed by atoms with E-state index < -0.39 is 23.6 Å². The zero-order chi connectivity index (χ0) is 21.3. The minimum absolute atomic E-state index is 0.0501. The quantitative estimate of drug-likeness (QED) is 0.514. The third-order valence-electron chi connectivity index (χ3n) is 6.02. The first-order valence-electron chi connectivity index (χ1n) is 9.94. The third kappa shape index (κ3) is 3.97. The van der Waals surface area contributed by atoms with E-state index in [1.807, 2.05) is 28.1 Å². The highest BCUT2D eigenvalue weighted by molar-refractivity contribution is 5.94.